The average molecular weight is 298 g/mol. The molecule has 1 saturated heterocycles. The van der Waals surface area contributed by atoms with Crippen LogP contribution in [-0.4, -0.2) is 44.9 Å². The van der Waals surface area contributed by atoms with E-state index in [0.717, 1.165) is 12.1 Å². The second kappa shape index (κ2) is 6.04. The third kappa shape index (κ3) is 3.36. The standard InChI is InChI=1S/C12H16ClN5O2/c1-9(2)17-6-5-16(12(17)15-18(19)20)8-10-3-4-11(13)14-7-10/h3-4,7,9H,5-6,8H2,1-2H3/b15-12-. The molecule has 0 atom stereocenters. The molecule has 7 nitrogen and oxygen atoms in total. The molecule has 1 aromatic heterocycles. The number of nitrogens with zero attached hydrogens (tertiary/aromatic N) is 5. The highest BCUT2D eigenvalue weighted by molar-refractivity contribution is 6.29. The SMILES string of the molecule is CC(C)N1CCN(Cc2ccc(Cl)nc2)/C1=N/[N+](=O)[O-]. The van der Waals surface area contributed by atoms with Crippen molar-refractivity contribution in [1.29, 1.82) is 0 Å². The van der Waals surface area contributed by atoms with E-state index in [4.69, 9.17) is 11.6 Å². The Morgan fingerprint density at radius 2 is 2.25 bits per heavy atom. The summed E-state index contributed by atoms with van der Waals surface area (Å²) in [6, 6.07) is 3.73. The Morgan fingerprint density at radius 1 is 1.50 bits per heavy atom. The molecule has 0 spiro atoms. The first-order valence-electron chi connectivity index (χ1n) is 6.32. The van der Waals surface area contributed by atoms with Crippen molar-refractivity contribution in [2.24, 2.45) is 5.10 Å². The van der Waals surface area contributed by atoms with Gasteiger partial charge in [0.15, 0.2) is 5.03 Å². The molecule has 0 aliphatic carbocycles. The third-order valence-electron chi connectivity index (χ3n) is 3.11. The Morgan fingerprint density at radius 3 is 2.80 bits per heavy atom. The average Bonchev–Trinajstić information content (AvgIpc) is 2.75. The fourth-order valence-corrected chi connectivity index (χ4v) is 2.27. The number of pyridine rings is 1. The largest absolute Gasteiger partial charge is 0.333 e. The highest BCUT2D eigenvalue weighted by Gasteiger charge is 2.31. The first-order valence-corrected chi connectivity index (χ1v) is 6.70. The number of hydrogen-bond acceptors (Lipinski definition) is 3. The summed E-state index contributed by atoms with van der Waals surface area (Å²) in [5.41, 5.74) is 0.941. The lowest BCUT2D eigenvalue weighted by atomic mass is 10.3. The summed E-state index contributed by atoms with van der Waals surface area (Å²) in [6.07, 6.45) is 1.67. The first kappa shape index (κ1) is 14.5. The van der Waals surface area contributed by atoms with Gasteiger partial charge in [0.2, 0.25) is 0 Å². The molecule has 0 unspecified atom stereocenters. The van der Waals surface area contributed by atoms with Crippen LogP contribution in [0.15, 0.2) is 23.4 Å². The molecule has 0 N–H and O–H groups in total. The van der Waals surface area contributed by atoms with Gasteiger partial charge in [-0.05, 0) is 25.5 Å². The Labute approximate surface area is 122 Å². The monoisotopic (exact) mass is 297 g/mol. The van der Waals surface area contributed by atoms with E-state index >= 15 is 0 Å². The number of guanidine groups is 1. The molecule has 20 heavy (non-hydrogen) atoms. The van der Waals surface area contributed by atoms with Gasteiger partial charge < -0.3 is 9.80 Å². The topological polar surface area (TPSA) is 74.9 Å². The zero-order chi connectivity index (χ0) is 14.7. The van der Waals surface area contributed by atoms with Crippen LogP contribution in [0.4, 0.5) is 0 Å². The van der Waals surface area contributed by atoms with Gasteiger partial charge in [0, 0.05) is 31.9 Å². The molecule has 1 aromatic rings. The van der Waals surface area contributed by atoms with Gasteiger partial charge in [-0.15, -0.1) is 0 Å². The molecule has 108 valence electrons. The molecular formula is C12H16ClN5O2. The van der Waals surface area contributed by atoms with Crippen molar-refractivity contribution in [1.82, 2.24) is 14.8 Å². The second-order valence-electron chi connectivity index (χ2n) is 4.84. The summed E-state index contributed by atoms with van der Waals surface area (Å²) in [5, 5.41) is 14.0. The van der Waals surface area contributed by atoms with E-state index < -0.39 is 5.03 Å². The molecule has 8 heteroatoms. The lowest BCUT2D eigenvalue weighted by Crippen LogP contribution is -2.38. The van der Waals surface area contributed by atoms with Gasteiger partial charge in [0.1, 0.15) is 10.3 Å². The summed E-state index contributed by atoms with van der Waals surface area (Å²) in [6.45, 7) is 5.94. The van der Waals surface area contributed by atoms with Gasteiger partial charge >= 0.3 is 0 Å². The van der Waals surface area contributed by atoms with Crippen LogP contribution in [0.3, 0.4) is 0 Å². The summed E-state index contributed by atoms with van der Waals surface area (Å²) in [5.74, 6) is 0.403. The van der Waals surface area contributed by atoms with E-state index in [9.17, 15) is 10.1 Å². The van der Waals surface area contributed by atoms with Crippen molar-refractivity contribution in [3.8, 4) is 0 Å². The van der Waals surface area contributed by atoms with Crippen LogP contribution >= 0.6 is 11.6 Å². The summed E-state index contributed by atoms with van der Waals surface area (Å²) >= 11 is 5.74. The van der Waals surface area contributed by atoms with Crippen LogP contribution < -0.4 is 0 Å². The molecule has 1 aliphatic rings. The second-order valence-corrected chi connectivity index (χ2v) is 5.22. The minimum Gasteiger partial charge on any atom is -0.333 e. The van der Waals surface area contributed by atoms with Crippen molar-refractivity contribution in [2.75, 3.05) is 13.1 Å². The predicted molar refractivity (Wildman–Crippen MR) is 75.9 cm³/mol. The Kier molecular flexibility index (Phi) is 4.39. The van der Waals surface area contributed by atoms with Crippen molar-refractivity contribution in [3.05, 3.63) is 39.2 Å². The third-order valence-corrected chi connectivity index (χ3v) is 3.33. The quantitative estimate of drug-likeness (QED) is 0.481. The van der Waals surface area contributed by atoms with Crippen LogP contribution in [-0.2, 0) is 6.54 Å². The molecular weight excluding hydrogens is 282 g/mol. The Balaban J connectivity index is 2.18. The lowest BCUT2D eigenvalue weighted by molar-refractivity contribution is -0.486. The van der Waals surface area contributed by atoms with E-state index in [1.165, 1.54) is 0 Å². The van der Waals surface area contributed by atoms with E-state index in [-0.39, 0.29) is 6.04 Å². The summed E-state index contributed by atoms with van der Waals surface area (Å²) < 4.78 is 0. The minimum atomic E-state index is -0.650. The molecule has 0 aromatic carbocycles. The van der Waals surface area contributed by atoms with Crippen LogP contribution in [0.25, 0.3) is 0 Å². The van der Waals surface area contributed by atoms with Crippen LogP contribution in [0.5, 0.6) is 0 Å². The van der Waals surface area contributed by atoms with Gasteiger partial charge in [-0.1, -0.05) is 17.7 Å². The van der Waals surface area contributed by atoms with E-state index in [0.29, 0.717) is 24.2 Å². The number of nitro groups is 1. The maximum atomic E-state index is 10.7. The lowest BCUT2D eigenvalue weighted by Gasteiger charge is -2.23. The van der Waals surface area contributed by atoms with Gasteiger partial charge in [-0.25, -0.2) is 15.1 Å². The molecule has 0 amide bonds. The van der Waals surface area contributed by atoms with Crippen molar-refractivity contribution < 1.29 is 5.03 Å². The maximum absolute atomic E-state index is 10.7. The normalized spacial score (nSPS) is 17.3. The Bertz CT molecular complexity index is 517. The van der Waals surface area contributed by atoms with E-state index in [1.807, 2.05) is 29.7 Å². The van der Waals surface area contributed by atoms with Gasteiger partial charge in [-0.2, -0.15) is 0 Å². The van der Waals surface area contributed by atoms with Gasteiger partial charge in [-0.3, -0.25) is 0 Å². The molecule has 1 aliphatic heterocycles. The van der Waals surface area contributed by atoms with Crippen LogP contribution in [0.2, 0.25) is 5.15 Å². The Hall–Kier alpha value is -1.89. The van der Waals surface area contributed by atoms with Crippen LogP contribution in [0.1, 0.15) is 19.4 Å². The molecule has 2 heterocycles. The number of hydrazone groups is 1. The fraction of sp³-hybridized carbons (Fsp3) is 0.500. The molecule has 0 bridgehead atoms. The highest BCUT2D eigenvalue weighted by atomic mass is 35.5. The number of hydrogen-bond donors (Lipinski definition) is 0. The van der Waals surface area contributed by atoms with Crippen molar-refractivity contribution >= 4 is 17.6 Å². The van der Waals surface area contributed by atoms with E-state index in [1.54, 1.807) is 12.3 Å². The van der Waals surface area contributed by atoms with Crippen molar-refractivity contribution in [3.63, 3.8) is 0 Å². The smallest absolute Gasteiger partial charge is 0.274 e. The molecule has 0 radical (unpaired) electrons. The van der Waals surface area contributed by atoms with Crippen molar-refractivity contribution in [2.45, 2.75) is 26.4 Å². The number of aromatic nitrogens is 1. The number of halogens is 1. The molecule has 0 saturated carbocycles. The van der Waals surface area contributed by atoms with E-state index in [2.05, 4.69) is 10.1 Å². The highest BCUT2D eigenvalue weighted by Crippen LogP contribution is 2.16. The zero-order valence-electron chi connectivity index (χ0n) is 11.4. The minimum absolute atomic E-state index is 0.169. The first-order chi connectivity index (χ1) is 9.47. The zero-order valence-corrected chi connectivity index (χ0v) is 12.1. The summed E-state index contributed by atoms with van der Waals surface area (Å²) in [4.78, 5) is 18.5. The fourth-order valence-electron chi connectivity index (χ4n) is 2.16. The van der Waals surface area contributed by atoms with Gasteiger partial charge in [0.25, 0.3) is 5.96 Å². The number of rotatable bonds is 4. The molecule has 2 rings (SSSR count). The summed E-state index contributed by atoms with van der Waals surface area (Å²) in [7, 11) is 0. The van der Waals surface area contributed by atoms with Gasteiger partial charge in [0.05, 0.1) is 0 Å². The van der Waals surface area contributed by atoms with Crippen LogP contribution in [0, 0.1) is 10.1 Å². The maximum Gasteiger partial charge on any atom is 0.274 e. The molecule has 1 fully saturated rings. The predicted octanol–water partition coefficient (Wildman–Crippen LogP) is 1.81.